The minimum Gasteiger partial charge on any atom is -0.506 e. The van der Waals surface area contributed by atoms with Crippen molar-refractivity contribution < 1.29 is 10.2 Å². The molecule has 0 aliphatic carbocycles. The molecule has 1 aromatic carbocycles. The third-order valence-corrected chi connectivity index (χ3v) is 3.41. The zero-order chi connectivity index (χ0) is 11.6. The van der Waals surface area contributed by atoms with E-state index in [4.69, 9.17) is 16.7 Å². The van der Waals surface area contributed by atoms with Gasteiger partial charge < -0.3 is 10.2 Å². The van der Waals surface area contributed by atoms with Crippen LogP contribution in [0.4, 0.5) is 0 Å². The Morgan fingerprint density at radius 2 is 1.67 bits per heavy atom. The van der Waals surface area contributed by atoms with Crippen molar-refractivity contribution in [1.82, 2.24) is 0 Å². The molecule has 0 saturated heterocycles. The van der Waals surface area contributed by atoms with E-state index in [0.717, 1.165) is 35.1 Å². The van der Waals surface area contributed by atoms with Crippen molar-refractivity contribution in [3.63, 3.8) is 0 Å². The van der Waals surface area contributed by atoms with Gasteiger partial charge in [-0.2, -0.15) is 0 Å². The zero-order valence-electron chi connectivity index (χ0n) is 9.39. The van der Waals surface area contributed by atoms with E-state index in [9.17, 15) is 5.11 Å². The molecule has 0 amide bonds. The van der Waals surface area contributed by atoms with Crippen molar-refractivity contribution in [3.05, 3.63) is 27.3 Å². The van der Waals surface area contributed by atoms with Crippen molar-refractivity contribution in [2.75, 3.05) is 6.61 Å². The average molecular weight is 229 g/mol. The summed E-state index contributed by atoms with van der Waals surface area (Å²) in [6.45, 7) is 5.92. The Kier molecular flexibility index (Phi) is 4.00. The van der Waals surface area contributed by atoms with E-state index >= 15 is 0 Å². The molecule has 0 fully saturated rings. The lowest BCUT2D eigenvalue weighted by atomic mass is 9.94. The molecule has 0 aliphatic rings. The van der Waals surface area contributed by atoms with Crippen molar-refractivity contribution in [1.29, 1.82) is 0 Å². The number of aliphatic hydroxyl groups is 1. The minimum absolute atomic E-state index is 0.177. The molecule has 1 rings (SSSR count). The fourth-order valence-corrected chi connectivity index (χ4v) is 2.05. The van der Waals surface area contributed by atoms with Crippen LogP contribution in [-0.2, 0) is 6.42 Å². The molecule has 0 unspecified atom stereocenters. The first-order chi connectivity index (χ1) is 7.00. The summed E-state index contributed by atoms with van der Waals surface area (Å²) in [4.78, 5) is 0. The minimum atomic E-state index is 0.177. The van der Waals surface area contributed by atoms with Gasteiger partial charge in [-0.15, -0.1) is 0 Å². The predicted octanol–water partition coefficient (Wildman–Crippen LogP) is 2.90. The first-order valence-electron chi connectivity index (χ1n) is 5.08. The van der Waals surface area contributed by atoms with Crippen LogP contribution < -0.4 is 0 Å². The fourth-order valence-electron chi connectivity index (χ4n) is 1.79. The Balaban J connectivity index is 3.26. The number of rotatable bonds is 3. The van der Waals surface area contributed by atoms with Gasteiger partial charge in [-0.3, -0.25) is 0 Å². The van der Waals surface area contributed by atoms with E-state index in [-0.39, 0.29) is 12.4 Å². The van der Waals surface area contributed by atoms with Gasteiger partial charge >= 0.3 is 0 Å². The summed E-state index contributed by atoms with van der Waals surface area (Å²) in [5.41, 5.74) is 3.97. The molecule has 0 radical (unpaired) electrons. The Hall–Kier alpha value is -0.730. The molecule has 0 heterocycles. The molecular weight excluding hydrogens is 212 g/mol. The summed E-state index contributed by atoms with van der Waals surface area (Å²) in [6, 6.07) is 0. The van der Waals surface area contributed by atoms with Gasteiger partial charge in [-0.05, 0) is 55.9 Å². The maximum Gasteiger partial charge on any atom is 0.137 e. The van der Waals surface area contributed by atoms with Crippen molar-refractivity contribution in [2.24, 2.45) is 0 Å². The second-order valence-corrected chi connectivity index (χ2v) is 4.22. The smallest absolute Gasteiger partial charge is 0.137 e. The van der Waals surface area contributed by atoms with Crippen LogP contribution in [0.2, 0.25) is 5.02 Å². The van der Waals surface area contributed by atoms with E-state index in [0.29, 0.717) is 5.02 Å². The molecule has 3 heteroatoms. The monoisotopic (exact) mass is 228 g/mol. The SMILES string of the molecule is Cc1c(C)c(CCCO)c(C)c(Cl)c1O. The zero-order valence-corrected chi connectivity index (χ0v) is 10.1. The molecule has 2 N–H and O–H groups in total. The number of phenols is 1. The lowest BCUT2D eigenvalue weighted by molar-refractivity contribution is 0.288. The molecule has 84 valence electrons. The summed E-state index contributed by atoms with van der Waals surface area (Å²) in [5.74, 6) is 0.180. The summed E-state index contributed by atoms with van der Waals surface area (Å²) in [5, 5.41) is 19.0. The van der Waals surface area contributed by atoms with Crippen LogP contribution in [0.3, 0.4) is 0 Å². The van der Waals surface area contributed by atoms with Crippen LogP contribution in [0.25, 0.3) is 0 Å². The highest BCUT2D eigenvalue weighted by atomic mass is 35.5. The van der Waals surface area contributed by atoms with E-state index in [1.807, 2.05) is 20.8 Å². The highest BCUT2D eigenvalue weighted by Gasteiger charge is 2.14. The number of aliphatic hydroxyl groups excluding tert-OH is 1. The largest absolute Gasteiger partial charge is 0.506 e. The Bertz CT molecular complexity index is 343. The molecule has 1 aromatic rings. The van der Waals surface area contributed by atoms with Crippen LogP contribution in [0.15, 0.2) is 0 Å². The molecule has 0 saturated carbocycles. The van der Waals surface area contributed by atoms with Gasteiger partial charge in [0, 0.05) is 6.61 Å². The lowest BCUT2D eigenvalue weighted by Gasteiger charge is -2.15. The molecular formula is C12H17ClO2. The Morgan fingerprint density at radius 1 is 1.07 bits per heavy atom. The molecule has 0 bridgehead atoms. The summed E-state index contributed by atoms with van der Waals surface area (Å²) < 4.78 is 0. The average Bonchev–Trinajstić information content (AvgIpc) is 2.24. The van der Waals surface area contributed by atoms with E-state index in [1.165, 1.54) is 0 Å². The molecule has 15 heavy (non-hydrogen) atoms. The number of benzene rings is 1. The molecule has 2 nitrogen and oxygen atoms in total. The van der Waals surface area contributed by atoms with Crippen molar-refractivity contribution in [3.8, 4) is 5.75 Å². The third-order valence-electron chi connectivity index (χ3n) is 2.95. The van der Waals surface area contributed by atoms with Gasteiger partial charge in [-0.25, -0.2) is 0 Å². The first-order valence-corrected chi connectivity index (χ1v) is 5.46. The van der Waals surface area contributed by atoms with Crippen molar-refractivity contribution in [2.45, 2.75) is 33.6 Å². The maximum absolute atomic E-state index is 9.74. The number of hydrogen-bond acceptors (Lipinski definition) is 2. The lowest BCUT2D eigenvalue weighted by Crippen LogP contribution is -2.00. The van der Waals surface area contributed by atoms with E-state index in [2.05, 4.69) is 0 Å². The van der Waals surface area contributed by atoms with Crippen molar-refractivity contribution >= 4 is 11.6 Å². The first kappa shape index (κ1) is 12.3. The van der Waals surface area contributed by atoms with Crippen LogP contribution in [0.1, 0.15) is 28.7 Å². The number of hydrogen-bond donors (Lipinski definition) is 2. The molecule has 0 spiro atoms. The topological polar surface area (TPSA) is 40.5 Å². The van der Waals surface area contributed by atoms with Gasteiger partial charge in [0.1, 0.15) is 5.75 Å². The fraction of sp³-hybridized carbons (Fsp3) is 0.500. The summed E-state index contributed by atoms with van der Waals surface area (Å²) in [7, 11) is 0. The predicted molar refractivity (Wildman–Crippen MR) is 62.7 cm³/mol. The van der Waals surface area contributed by atoms with E-state index in [1.54, 1.807) is 0 Å². The molecule has 0 atom stereocenters. The molecule has 0 aromatic heterocycles. The summed E-state index contributed by atoms with van der Waals surface area (Å²) >= 11 is 6.03. The second kappa shape index (κ2) is 4.86. The number of halogens is 1. The van der Waals surface area contributed by atoms with E-state index < -0.39 is 0 Å². The molecule has 0 aliphatic heterocycles. The van der Waals surface area contributed by atoms with Crippen LogP contribution >= 0.6 is 11.6 Å². The number of phenolic OH excluding ortho intramolecular Hbond substituents is 1. The maximum atomic E-state index is 9.74. The summed E-state index contributed by atoms with van der Waals surface area (Å²) in [6.07, 6.45) is 1.53. The van der Waals surface area contributed by atoms with Gasteiger partial charge in [0.05, 0.1) is 5.02 Å². The van der Waals surface area contributed by atoms with Gasteiger partial charge in [0.15, 0.2) is 0 Å². The van der Waals surface area contributed by atoms with Crippen LogP contribution in [-0.4, -0.2) is 16.8 Å². The van der Waals surface area contributed by atoms with Gasteiger partial charge in [-0.1, -0.05) is 11.6 Å². The quantitative estimate of drug-likeness (QED) is 0.835. The highest BCUT2D eigenvalue weighted by Crippen LogP contribution is 2.36. The highest BCUT2D eigenvalue weighted by molar-refractivity contribution is 6.33. The van der Waals surface area contributed by atoms with Gasteiger partial charge in [0.2, 0.25) is 0 Å². The normalized spacial score (nSPS) is 10.7. The number of aromatic hydroxyl groups is 1. The van der Waals surface area contributed by atoms with Crippen LogP contribution in [0.5, 0.6) is 5.75 Å². The van der Waals surface area contributed by atoms with Gasteiger partial charge in [0.25, 0.3) is 0 Å². The second-order valence-electron chi connectivity index (χ2n) is 3.84. The Morgan fingerprint density at radius 3 is 2.20 bits per heavy atom. The third kappa shape index (κ3) is 2.27. The Labute approximate surface area is 95.5 Å². The standard InChI is InChI=1S/C12H17ClO2/c1-7-8(2)12(15)11(13)9(3)10(7)5-4-6-14/h14-15H,4-6H2,1-3H3. The van der Waals surface area contributed by atoms with Crippen LogP contribution in [0, 0.1) is 20.8 Å².